The SMILES string of the molecule is [Br][Hf]([c]1ccccc1)([c]1ccccc1)[c]1ccccc1. The van der Waals surface area contributed by atoms with Crippen molar-refractivity contribution < 1.29 is 17.6 Å². The van der Waals surface area contributed by atoms with E-state index in [-0.39, 0.29) is 0 Å². The van der Waals surface area contributed by atoms with E-state index in [2.05, 4.69) is 103 Å². The summed E-state index contributed by atoms with van der Waals surface area (Å²) in [7, 11) is 0. The van der Waals surface area contributed by atoms with Gasteiger partial charge in [-0.05, 0) is 0 Å². The van der Waals surface area contributed by atoms with Crippen molar-refractivity contribution in [2.24, 2.45) is 0 Å². The summed E-state index contributed by atoms with van der Waals surface area (Å²) >= 11 is 1.11. The zero-order chi connectivity index (χ0) is 13.8. The van der Waals surface area contributed by atoms with Gasteiger partial charge in [-0.1, -0.05) is 0 Å². The molecule has 0 saturated heterocycles. The van der Waals surface area contributed by atoms with Crippen LogP contribution in [-0.2, 0) is 17.6 Å². The minimum absolute atomic E-state index is 1.46. The van der Waals surface area contributed by atoms with Crippen LogP contribution in [0.1, 0.15) is 0 Å². The Morgan fingerprint density at radius 1 is 0.450 bits per heavy atom. The number of halogens is 1. The molecule has 0 aliphatic carbocycles. The van der Waals surface area contributed by atoms with E-state index < -0.39 is 17.6 Å². The van der Waals surface area contributed by atoms with E-state index in [4.69, 9.17) is 0 Å². The van der Waals surface area contributed by atoms with Crippen LogP contribution in [0, 0.1) is 0 Å². The van der Waals surface area contributed by atoms with Crippen molar-refractivity contribution in [1.29, 1.82) is 0 Å². The zero-order valence-corrected chi connectivity index (χ0v) is 16.2. The van der Waals surface area contributed by atoms with Gasteiger partial charge in [-0.25, -0.2) is 0 Å². The first-order valence-corrected chi connectivity index (χ1v) is 19.9. The third-order valence-electron chi connectivity index (χ3n) is 3.51. The molecule has 0 amide bonds. The van der Waals surface area contributed by atoms with Crippen LogP contribution in [-0.4, -0.2) is 0 Å². The fourth-order valence-corrected chi connectivity index (χ4v) is 19.6. The van der Waals surface area contributed by atoms with E-state index >= 15 is 0 Å². The number of rotatable bonds is 3. The van der Waals surface area contributed by atoms with Gasteiger partial charge in [0.1, 0.15) is 0 Å². The van der Waals surface area contributed by atoms with Crippen LogP contribution in [0.4, 0.5) is 0 Å². The van der Waals surface area contributed by atoms with Crippen molar-refractivity contribution in [3.63, 3.8) is 0 Å². The molecule has 0 unspecified atom stereocenters. The van der Waals surface area contributed by atoms with Crippen LogP contribution in [0.5, 0.6) is 0 Å². The summed E-state index contributed by atoms with van der Waals surface area (Å²) in [6.45, 7) is 0. The van der Waals surface area contributed by atoms with E-state index in [1.54, 1.807) is 0 Å². The van der Waals surface area contributed by atoms with E-state index in [1.165, 1.54) is 9.96 Å². The van der Waals surface area contributed by atoms with E-state index in [1.807, 2.05) is 0 Å². The summed E-state index contributed by atoms with van der Waals surface area (Å²) in [5, 5.41) is 0. The van der Waals surface area contributed by atoms with Crippen LogP contribution in [0.2, 0.25) is 0 Å². The molecule has 2 heteroatoms. The van der Waals surface area contributed by atoms with Gasteiger partial charge in [0.05, 0.1) is 0 Å². The van der Waals surface area contributed by atoms with Gasteiger partial charge < -0.3 is 0 Å². The minimum atomic E-state index is -3.12. The second-order valence-corrected chi connectivity index (χ2v) is 25.4. The van der Waals surface area contributed by atoms with Crippen LogP contribution in [0.3, 0.4) is 0 Å². The molecule has 3 aromatic carbocycles. The van der Waals surface area contributed by atoms with Gasteiger partial charge in [-0.3, -0.25) is 0 Å². The molecular weight excluding hydrogens is 475 g/mol. The molecule has 0 saturated carbocycles. The Balaban J connectivity index is 2.24. The first-order valence-electron chi connectivity index (χ1n) is 6.67. The zero-order valence-electron chi connectivity index (χ0n) is 11.0. The Morgan fingerprint density at radius 2 is 0.700 bits per heavy atom. The molecule has 20 heavy (non-hydrogen) atoms. The first-order chi connectivity index (χ1) is 9.82. The van der Waals surface area contributed by atoms with Crippen molar-refractivity contribution in [2.75, 3.05) is 0 Å². The van der Waals surface area contributed by atoms with Gasteiger partial charge in [0.2, 0.25) is 0 Å². The molecule has 0 bridgehead atoms. The molecular formula is C18H15BrHf. The molecule has 0 aromatic heterocycles. The van der Waals surface area contributed by atoms with Gasteiger partial charge in [-0.2, -0.15) is 0 Å². The van der Waals surface area contributed by atoms with E-state index in [0.717, 1.165) is 0 Å². The predicted molar refractivity (Wildman–Crippen MR) is 87.2 cm³/mol. The molecule has 0 aliphatic rings. The standard InChI is InChI=1S/3C6H5.BrH.Hf/c3*1-2-4-6-5-3-1;;/h3*1-5H;1H;/q;;;;+1/p-1. The summed E-state index contributed by atoms with van der Waals surface area (Å²) in [6.07, 6.45) is 0. The molecule has 0 spiro atoms. The summed E-state index contributed by atoms with van der Waals surface area (Å²) < 4.78 is 4.37. The van der Waals surface area contributed by atoms with Crippen LogP contribution < -0.4 is 9.96 Å². The molecule has 0 radical (unpaired) electrons. The predicted octanol–water partition coefficient (Wildman–Crippen LogP) is 3.43. The Labute approximate surface area is 130 Å². The van der Waals surface area contributed by atoms with Crippen LogP contribution in [0.15, 0.2) is 91.0 Å². The summed E-state index contributed by atoms with van der Waals surface area (Å²) in [4.78, 5) is 0. The number of hydrogen-bond donors (Lipinski definition) is 0. The van der Waals surface area contributed by atoms with Gasteiger partial charge in [-0.15, -0.1) is 0 Å². The van der Waals surface area contributed by atoms with E-state index in [0.29, 0.717) is 0 Å². The molecule has 98 valence electrons. The quantitative estimate of drug-likeness (QED) is 0.495. The van der Waals surface area contributed by atoms with Gasteiger partial charge >= 0.3 is 131 Å². The second-order valence-electron chi connectivity index (χ2n) is 4.76. The normalized spacial score (nSPS) is 11.2. The van der Waals surface area contributed by atoms with Crippen LogP contribution >= 0.6 is 12.3 Å². The Morgan fingerprint density at radius 3 is 0.950 bits per heavy atom. The third kappa shape index (κ3) is 2.59. The summed E-state index contributed by atoms with van der Waals surface area (Å²) in [5.41, 5.74) is 0. The summed E-state index contributed by atoms with van der Waals surface area (Å²) in [5.74, 6) is 0. The Bertz CT molecular complexity index is 569. The molecule has 3 aromatic rings. The molecule has 0 atom stereocenters. The average Bonchev–Trinajstić information content (AvgIpc) is 2.56. The molecule has 3 rings (SSSR count). The number of hydrogen-bond acceptors (Lipinski definition) is 0. The first kappa shape index (κ1) is 14.0. The van der Waals surface area contributed by atoms with Crippen LogP contribution in [0.25, 0.3) is 0 Å². The topological polar surface area (TPSA) is 0 Å². The van der Waals surface area contributed by atoms with Gasteiger partial charge in [0, 0.05) is 0 Å². The van der Waals surface area contributed by atoms with E-state index in [9.17, 15) is 0 Å². The van der Waals surface area contributed by atoms with Gasteiger partial charge in [0.15, 0.2) is 0 Å². The molecule has 0 fully saturated rings. The fraction of sp³-hybridized carbons (Fsp3) is 0. The maximum atomic E-state index is 4.23. The van der Waals surface area contributed by atoms with Crippen molar-refractivity contribution in [3.8, 4) is 0 Å². The molecule has 0 N–H and O–H groups in total. The Hall–Kier alpha value is -0.990. The van der Waals surface area contributed by atoms with Crippen molar-refractivity contribution >= 4 is 22.3 Å². The monoisotopic (exact) mass is 490 g/mol. The molecule has 0 nitrogen and oxygen atoms in total. The molecule has 0 aliphatic heterocycles. The third-order valence-corrected chi connectivity index (χ3v) is 26.9. The average molecular weight is 490 g/mol. The fourth-order valence-electron chi connectivity index (χ4n) is 2.50. The molecule has 0 heterocycles. The van der Waals surface area contributed by atoms with Crippen molar-refractivity contribution in [3.05, 3.63) is 91.0 Å². The van der Waals surface area contributed by atoms with Crippen molar-refractivity contribution in [1.82, 2.24) is 0 Å². The number of benzene rings is 3. The second kappa shape index (κ2) is 6.19. The maximum absolute atomic E-state index is 4.23. The van der Waals surface area contributed by atoms with Gasteiger partial charge in [0.25, 0.3) is 0 Å². The summed E-state index contributed by atoms with van der Waals surface area (Å²) in [6, 6.07) is 32.6. The van der Waals surface area contributed by atoms with Crippen molar-refractivity contribution in [2.45, 2.75) is 0 Å². The Kier molecular flexibility index (Phi) is 4.32.